The van der Waals surface area contributed by atoms with E-state index in [1.54, 1.807) is 0 Å². The van der Waals surface area contributed by atoms with Crippen LogP contribution < -0.4 is 4.98 Å². The van der Waals surface area contributed by atoms with Crippen LogP contribution in [0.1, 0.15) is 79.5 Å². The van der Waals surface area contributed by atoms with Crippen molar-refractivity contribution in [2.45, 2.75) is 78.6 Å². The normalized spacial score (nSPS) is 12.2. The summed E-state index contributed by atoms with van der Waals surface area (Å²) in [6, 6.07) is 10.0. The molecule has 0 saturated heterocycles. The maximum absolute atomic E-state index is 4.81. The Balaban J connectivity index is 0.000000684. The Morgan fingerprint density at radius 2 is 1.26 bits per heavy atom. The first kappa shape index (κ1) is 22.1. The van der Waals surface area contributed by atoms with E-state index in [0.29, 0.717) is 0 Å². The summed E-state index contributed by atoms with van der Waals surface area (Å²) in [6.07, 6.45) is 0. The molecule has 0 spiro atoms. The van der Waals surface area contributed by atoms with Crippen molar-refractivity contribution < 1.29 is 16.8 Å². The van der Waals surface area contributed by atoms with E-state index in [4.69, 9.17) is 9.97 Å². The molecule has 0 saturated carbocycles. The number of imidazole rings is 1. The van der Waals surface area contributed by atoms with Gasteiger partial charge in [0.1, 0.15) is 0 Å². The third kappa shape index (κ3) is 6.60. The molecule has 1 aromatic heterocycles. The first-order chi connectivity index (χ1) is 9.83. The minimum atomic E-state index is 0. The van der Waals surface area contributed by atoms with Crippen LogP contribution in [0.4, 0.5) is 0 Å². The third-order valence-corrected chi connectivity index (χ3v) is 3.31. The van der Waals surface area contributed by atoms with Gasteiger partial charge in [-0.2, -0.15) is 18.2 Å². The molecule has 1 heterocycles. The largest absolute Gasteiger partial charge is 2.00 e. The molecule has 2 aromatic rings. The van der Waals surface area contributed by atoms with Gasteiger partial charge in [0.05, 0.1) is 0 Å². The quantitative estimate of drug-likeness (QED) is 0.594. The predicted octanol–water partition coefficient (Wildman–Crippen LogP) is 5.33. The Morgan fingerprint density at radius 1 is 0.783 bits per heavy atom. The van der Waals surface area contributed by atoms with Gasteiger partial charge >= 0.3 is 16.8 Å². The third-order valence-electron chi connectivity index (χ3n) is 3.31. The van der Waals surface area contributed by atoms with Crippen LogP contribution in [0.3, 0.4) is 0 Å². The van der Waals surface area contributed by atoms with Gasteiger partial charge in [-0.05, 0) is 16.2 Å². The van der Waals surface area contributed by atoms with E-state index in [-0.39, 0.29) is 33.0 Å². The second-order valence-corrected chi connectivity index (χ2v) is 8.96. The Kier molecular flexibility index (Phi) is 7.44. The van der Waals surface area contributed by atoms with Crippen molar-refractivity contribution in [2.24, 2.45) is 0 Å². The van der Waals surface area contributed by atoms with Crippen LogP contribution in [0.15, 0.2) is 30.3 Å². The van der Waals surface area contributed by atoms with E-state index in [9.17, 15) is 0 Å². The minimum Gasteiger partial charge on any atom is -0.442 e. The van der Waals surface area contributed by atoms with Gasteiger partial charge in [0.25, 0.3) is 0 Å². The first-order valence-electron chi connectivity index (χ1n) is 8.06. The van der Waals surface area contributed by atoms with Gasteiger partial charge < -0.3 is 9.97 Å². The smallest absolute Gasteiger partial charge is 0.442 e. The number of hydrogen-bond donors (Lipinski definition) is 0. The van der Waals surface area contributed by atoms with E-state index in [2.05, 4.69) is 62.3 Å². The minimum absolute atomic E-state index is 0. The fraction of sp³-hybridized carbons (Fsp3) is 0.600. The zero-order valence-electron chi connectivity index (χ0n) is 16.1. The molecule has 0 aliphatic heterocycles. The van der Waals surface area contributed by atoms with Gasteiger partial charge in [-0.1, -0.05) is 79.5 Å². The average molecular weight is 359 g/mol. The molecular weight excluding hydrogens is 327 g/mol. The molecule has 0 N–H and O–H groups in total. The van der Waals surface area contributed by atoms with Crippen LogP contribution in [0.2, 0.25) is 0 Å². The van der Waals surface area contributed by atoms with Crippen LogP contribution in [0.25, 0.3) is 0 Å². The summed E-state index contributed by atoms with van der Waals surface area (Å²) in [5, 5.41) is 0. The average Bonchev–Trinajstić information content (AvgIpc) is 2.99. The molecule has 23 heavy (non-hydrogen) atoms. The second kappa shape index (κ2) is 7.76. The van der Waals surface area contributed by atoms with E-state index in [0.717, 1.165) is 17.2 Å². The molecule has 0 aliphatic rings. The van der Waals surface area contributed by atoms with Crippen molar-refractivity contribution in [3.63, 3.8) is 0 Å². The number of hydrogen-bond acceptors (Lipinski definition) is 1. The van der Waals surface area contributed by atoms with Gasteiger partial charge in [0.2, 0.25) is 0 Å². The number of nitrogens with zero attached hydrogens (tertiary/aromatic N) is 2. The Bertz CT molecular complexity index is 510. The number of aromatic nitrogens is 2. The summed E-state index contributed by atoms with van der Waals surface area (Å²) in [4.78, 5) is 9.62. The second-order valence-electron chi connectivity index (χ2n) is 8.96. The van der Waals surface area contributed by atoms with Gasteiger partial charge in [-0.15, -0.1) is 0 Å². The zero-order valence-corrected chi connectivity index (χ0v) is 17.2. The molecule has 2 rings (SSSR count). The molecule has 1 aromatic carbocycles. The van der Waals surface area contributed by atoms with Gasteiger partial charge in [0, 0.05) is 0 Å². The molecular formula is C20H32CoN2. The summed E-state index contributed by atoms with van der Waals surface area (Å²) in [5.74, 6) is 0.965. The van der Waals surface area contributed by atoms with E-state index in [1.807, 2.05) is 30.3 Å². The summed E-state index contributed by atoms with van der Waals surface area (Å²) < 4.78 is 0. The maximum atomic E-state index is 4.81. The van der Waals surface area contributed by atoms with E-state index < -0.39 is 0 Å². The summed E-state index contributed by atoms with van der Waals surface area (Å²) >= 11 is 0. The standard InChI is InChI=1S/C15H27N2.C5H5.Co/c1-13(2,3)10-11(14(4,5)6)17-12(16-10)15(7,8)9;1-2-4-5-3-1;/h1-9H3;1-5H;/q2*-1;+2. The molecule has 2 nitrogen and oxygen atoms in total. The Morgan fingerprint density at radius 3 is 1.48 bits per heavy atom. The summed E-state index contributed by atoms with van der Waals surface area (Å²) in [6.45, 7) is 19.7. The molecule has 1 radical (unpaired) electrons. The molecule has 0 amide bonds. The van der Waals surface area contributed by atoms with Crippen LogP contribution in [0, 0.1) is 0 Å². The monoisotopic (exact) mass is 359 g/mol. The Hall–Kier alpha value is -0.934. The van der Waals surface area contributed by atoms with E-state index >= 15 is 0 Å². The van der Waals surface area contributed by atoms with Crippen LogP contribution >= 0.6 is 0 Å². The topological polar surface area (TPSA) is 27.0 Å². The van der Waals surface area contributed by atoms with Crippen molar-refractivity contribution in [1.82, 2.24) is 9.97 Å². The Labute approximate surface area is 153 Å². The number of rotatable bonds is 0. The van der Waals surface area contributed by atoms with Crippen molar-refractivity contribution in [1.29, 1.82) is 0 Å². The fourth-order valence-corrected chi connectivity index (χ4v) is 2.04. The molecule has 131 valence electrons. The maximum Gasteiger partial charge on any atom is 2.00 e. The predicted molar refractivity (Wildman–Crippen MR) is 95.7 cm³/mol. The molecule has 0 bridgehead atoms. The van der Waals surface area contributed by atoms with Crippen LogP contribution in [-0.2, 0) is 33.0 Å². The van der Waals surface area contributed by atoms with Gasteiger partial charge in [0.15, 0.2) is 0 Å². The van der Waals surface area contributed by atoms with Crippen molar-refractivity contribution in [3.05, 3.63) is 47.5 Å². The fourth-order valence-electron chi connectivity index (χ4n) is 2.04. The molecule has 0 unspecified atom stereocenters. The molecule has 0 atom stereocenters. The first-order valence-corrected chi connectivity index (χ1v) is 8.06. The molecule has 3 heteroatoms. The van der Waals surface area contributed by atoms with Crippen molar-refractivity contribution >= 4 is 0 Å². The van der Waals surface area contributed by atoms with Gasteiger partial charge in [-0.3, -0.25) is 0 Å². The molecule has 0 aliphatic carbocycles. The van der Waals surface area contributed by atoms with Crippen molar-refractivity contribution in [3.8, 4) is 0 Å². The SMILES string of the molecule is CC(C)(C)c1nc(C(C)(C)C)c(C(C)(C)C)[n-]1.[Co+2].c1cc[cH-]c1. The van der Waals surface area contributed by atoms with Crippen molar-refractivity contribution in [2.75, 3.05) is 0 Å². The zero-order chi connectivity index (χ0) is 17.2. The van der Waals surface area contributed by atoms with Crippen LogP contribution in [-0.4, -0.2) is 4.98 Å². The summed E-state index contributed by atoms with van der Waals surface area (Å²) in [5.41, 5.74) is 2.42. The van der Waals surface area contributed by atoms with Gasteiger partial charge in [-0.25, -0.2) is 12.1 Å². The summed E-state index contributed by atoms with van der Waals surface area (Å²) in [7, 11) is 0. The molecule has 0 fully saturated rings. The van der Waals surface area contributed by atoms with Crippen LogP contribution in [0.5, 0.6) is 0 Å². The van der Waals surface area contributed by atoms with E-state index in [1.165, 1.54) is 0 Å².